The number of aromatic hydroxyl groups is 1. The Morgan fingerprint density at radius 3 is 2.17 bits per heavy atom. The first-order valence-corrected chi connectivity index (χ1v) is 12.9. The van der Waals surface area contributed by atoms with Crippen molar-refractivity contribution in [3.05, 3.63) is 29.8 Å². The quantitative estimate of drug-likeness (QED) is 0.282. The van der Waals surface area contributed by atoms with Gasteiger partial charge in [-0.05, 0) is 47.1 Å². The molecule has 0 aliphatic rings. The van der Waals surface area contributed by atoms with Crippen molar-refractivity contribution in [1.29, 1.82) is 0 Å². The molecule has 4 N–H and O–H groups in total. The summed E-state index contributed by atoms with van der Waals surface area (Å²) in [4.78, 5) is 40.7. The van der Waals surface area contributed by atoms with E-state index >= 15 is 0 Å². The highest BCUT2D eigenvalue weighted by Gasteiger charge is 2.37. The SMILES string of the molecule is CCCCCCCCN(C(=O)C(CO)NC(=O)OC(C)(C)C)C(C(=O)NC(C)C)c1ccccc1O. The number of phenols is 1. The Bertz CT molecular complexity index is 837. The highest BCUT2D eigenvalue weighted by atomic mass is 16.6. The molecule has 1 aromatic carbocycles. The summed E-state index contributed by atoms with van der Waals surface area (Å²) < 4.78 is 5.25. The number of benzene rings is 1. The maximum Gasteiger partial charge on any atom is 0.408 e. The second-order valence-corrected chi connectivity index (χ2v) is 10.3. The lowest BCUT2D eigenvalue weighted by Gasteiger charge is -2.34. The van der Waals surface area contributed by atoms with Gasteiger partial charge in [-0.2, -0.15) is 0 Å². The molecular formula is C27H45N3O6. The van der Waals surface area contributed by atoms with Crippen LogP contribution in [0.1, 0.15) is 91.7 Å². The molecule has 1 rings (SSSR count). The summed E-state index contributed by atoms with van der Waals surface area (Å²) in [5.41, 5.74) is -0.523. The van der Waals surface area contributed by atoms with Gasteiger partial charge in [0.05, 0.1) is 6.61 Å². The molecule has 9 heteroatoms. The maximum absolute atomic E-state index is 13.7. The van der Waals surface area contributed by atoms with Gasteiger partial charge in [0, 0.05) is 18.2 Å². The van der Waals surface area contributed by atoms with E-state index in [-0.39, 0.29) is 23.9 Å². The van der Waals surface area contributed by atoms with Crippen LogP contribution in [0.4, 0.5) is 4.79 Å². The van der Waals surface area contributed by atoms with E-state index < -0.39 is 42.2 Å². The predicted molar refractivity (Wildman–Crippen MR) is 139 cm³/mol. The summed E-state index contributed by atoms with van der Waals surface area (Å²) in [6, 6.07) is 3.70. The maximum atomic E-state index is 13.7. The Labute approximate surface area is 215 Å². The largest absolute Gasteiger partial charge is 0.508 e. The third-order valence-corrected chi connectivity index (χ3v) is 5.43. The number of aliphatic hydroxyl groups is 1. The van der Waals surface area contributed by atoms with Crippen LogP contribution in [0, 0.1) is 0 Å². The molecule has 0 heterocycles. The molecule has 3 amide bonds. The molecule has 9 nitrogen and oxygen atoms in total. The van der Waals surface area contributed by atoms with Gasteiger partial charge < -0.3 is 30.5 Å². The third kappa shape index (κ3) is 10.8. The number of alkyl carbamates (subject to hydrolysis) is 1. The minimum atomic E-state index is -1.32. The molecule has 2 unspecified atom stereocenters. The van der Waals surface area contributed by atoms with Crippen LogP contribution in [0.25, 0.3) is 0 Å². The highest BCUT2D eigenvalue weighted by Crippen LogP contribution is 2.30. The number of ether oxygens (including phenoxy) is 1. The fraction of sp³-hybridized carbons (Fsp3) is 0.667. The third-order valence-electron chi connectivity index (χ3n) is 5.43. The fourth-order valence-corrected chi connectivity index (χ4v) is 3.80. The molecule has 36 heavy (non-hydrogen) atoms. The molecule has 0 bridgehead atoms. The Balaban J connectivity index is 3.32. The van der Waals surface area contributed by atoms with E-state index in [9.17, 15) is 24.6 Å². The van der Waals surface area contributed by atoms with Crippen LogP contribution >= 0.6 is 0 Å². The zero-order valence-corrected chi connectivity index (χ0v) is 22.7. The molecule has 0 aromatic heterocycles. The lowest BCUT2D eigenvalue weighted by molar-refractivity contribution is -0.143. The molecular weight excluding hydrogens is 462 g/mol. The molecule has 204 valence electrons. The zero-order chi connectivity index (χ0) is 27.3. The van der Waals surface area contributed by atoms with E-state index in [1.54, 1.807) is 52.8 Å². The Morgan fingerprint density at radius 2 is 1.61 bits per heavy atom. The molecule has 0 fully saturated rings. The van der Waals surface area contributed by atoms with Gasteiger partial charge in [0.25, 0.3) is 0 Å². The number of phenolic OH excluding ortho intramolecular Hbond substituents is 1. The van der Waals surface area contributed by atoms with E-state index in [2.05, 4.69) is 17.6 Å². The van der Waals surface area contributed by atoms with Crippen LogP contribution in [0.3, 0.4) is 0 Å². The van der Waals surface area contributed by atoms with Crippen molar-refractivity contribution in [2.24, 2.45) is 0 Å². The first-order valence-electron chi connectivity index (χ1n) is 12.9. The predicted octanol–water partition coefficient (Wildman–Crippen LogP) is 4.03. The number of carbonyl (C=O) groups is 3. The van der Waals surface area contributed by atoms with Crippen LogP contribution in [-0.4, -0.2) is 63.9 Å². The second-order valence-electron chi connectivity index (χ2n) is 10.3. The second kappa shape index (κ2) is 15.3. The van der Waals surface area contributed by atoms with Gasteiger partial charge in [0.2, 0.25) is 11.8 Å². The fourth-order valence-electron chi connectivity index (χ4n) is 3.80. The molecule has 1 aromatic rings. The average Bonchev–Trinajstić information content (AvgIpc) is 2.77. The van der Waals surface area contributed by atoms with E-state index in [0.717, 1.165) is 32.1 Å². The van der Waals surface area contributed by atoms with Crippen molar-refractivity contribution in [2.45, 2.75) is 104 Å². The van der Waals surface area contributed by atoms with E-state index in [4.69, 9.17) is 4.74 Å². The van der Waals surface area contributed by atoms with Crippen LogP contribution in [0.5, 0.6) is 5.75 Å². The first kappa shape index (κ1) is 31.2. The topological polar surface area (TPSA) is 128 Å². The molecule has 0 aliphatic heterocycles. The number of amides is 3. The summed E-state index contributed by atoms with van der Waals surface area (Å²) in [7, 11) is 0. The van der Waals surface area contributed by atoms with Crippen LogP contribution in [0.15, 0.2) is 24.3 Å². The molecule has 2 atom stereocenters. The molecule has 0 saturated heterocycles. The van der Waals surface area contributed by atoms with Crippen LogP contribution in [-0.2, 0) is 14.3 Å². The summed E-state index contributed by atoms with van der Waals surface area (Å²) in [5, 5.41) is 25.8. The Kier molecular flexibility index (Phi) is 13.3. The minimum absolute atomic E-state index is 0.122. The number of hydrogen-bond acceptors (Lipinski definition) is 6. The van der Waals surface area contributed by atoms with Crippen molar-refractivity contribution in [1.82, 2.24) is 15.5 Å². The molecule has 0 spiro atoms. The smallest absolute Gasteiger partial charge is 0.408 e. The van der Waals surface area contributed by atoms with Crippen molar-refractivity contribution in [2.75, 3.05) is 13.2 Å². The molecule has 0 radical (unpaired) electrons. The number of aliphatic hydroxyl groups excluding tert-OH is 1. The normalized spacial score (nSPS) is 13.1. The van der Waals surface area contributed by atoms with Crippen molar-refractivity contribution >= 4 is 17.9 Å². The minimum Gasteiger partial charge on any atom is -0.508 e. The summed E-state index contributed by atoms with van der Waals surface area (Å²) in [5.74, 6) is -1.22. The number of rotatable bonds is 14. The highest BCUT2D eigenvalue weighted by molar-refractivity contribution is 5.92. The van der Waals surface area contributed by atoms with Gasteiger partial charge in [-0.1, -0.05) is 57.2 Å². The molecule has 0 saturated carbocycles. The zero-order valence-electron chi connectivity index (χ0n) is 22.7. The van der Waals surface area contributed by atoms with Crippen LogP contribution < -0.4 is 10.6 Å². The Hall–Kier alpha value is -2.81. The number of unbranched alkanes of at least 4 members (excludes halogenated alkanes) is 5. The molecule has 0 aliphatic carbocycles. The van der Waals surface area contributed by atoms with Gasteiger partial charge in [0.1, 0.15) is 23.4 Å². The standard InChI is InChI=1S/C27H45N3O6/c1-7-8-9-10-11-14-17-30(25(34)21(18-31)29-26(35)36-27(4,5)6)23(24(33)28-19(2)3)20-15-12-13-16-22(20)32/h12-13,15-16,19,21,23,31-32H,7-11,14,17-18H2,1-6H3,(H,28,33)(H,29,35). The number of para-hydroxylation sites is 1. The number of carbonyl (C=O) groups excluding carboxylic acids is 3. The van der Waals surface area contributed by atoms with Gasteiger partial charge >= 0.3 is 6.09 Å². The number of nitrogens with one attached hydrogen (secondary N) is 2. The average molecular weight is 508 g/mol. The van der Waals surface area contributed by atoms with Gasteiger partial charge in [-0.15, -0.1) is 0 Å². The van der Waals surface area contributed by atoms with Crippen LogP contribution in [0.2, 0.25) is 0 Å². The Morgan fingerprint density at radius 1 is 1.00 bits per heavy atom. The number of hydrogen-bond donors (Lipinski definition) is 4. The van der Waals surface area contributed by atoms with Gasteiger partial charge in [-0.25, -0.2) is 4.79 Å². The lowest BCUT2D eigenvalue weighted by Crippen LogP contribution is -2.55. The summed E-state index contributed by atoms with van der Waals surface area (Å²) >= 11 is 0. The summed E-state index contributed by atoms with van der Waals surface area (Å²) in [6.07, 6.45) is 4.96. The van der Waals surface area contributed by atoms with Crippen molar-refractivity contribution in [3.63, 3.8) is 0 Å². The monoisotopic (exact) mass is 507 g/mol. The first-order chi connectivity index (χ1) is 16.9. The van der Waals surface area contributed by atoms with Gasteiger partial charge in [-0.3, -0.25) is 9.59 Å². The van der Waals surface area contributed by atoms with Crippen molar-refractivity contribution in [3.8, 4) is 5.75 Å². The van der Waals surface area contributed by atoms with E-state index in [1.807, 2.05) is 0 Å². The van der Waals surface area contributed by atoms with Gasteiger partial charge in [0.15, 0.2) is 0 Å². The number of nitrogens with zero attached hydrogens (tertiary/aromatic N) is 1. The van der Waals surface area contributed by atoms with E-state index in [0.29, 0.717) is 6.42 Å². The summed E-state index contributed by atoms with van der Waals surface area (Å²) in [6.45, 7) is 10.4. The van der Waals surface area contributed by atoms with E-state index in [1.165, 1.54) is 11.0 Å². The van der Waals surface area contributed by atoms with Crippen molar-refractivity contribution < 1.29 is 29.3 Å². The lowest BCUT2D eigenvalue weighted by atomic mass is 10.0.